The number of aliphatic hydroxyl groups is 3. The molecule has 0 aromatic heterocycles. The molecular weight excluding hydrogens is 424 g/mol. The number of hydrogen-bond donors (Lipinski definition) is 3. The largest absolute Gasteiger partial charge is 0.393 e. The minimum Gasteiger partial charge on any atom is -0.393 e. The summed E-state index contributed by atoms with van der Waals surface area (Å²) in [6.45, 7) is 18.1. The Morgan fingerprint density at radius 3 is 2.03 bits per heavy atom. The van der Waals surface area contributed by atoms with Gasteiger partial charge in [0.05, 0.1) is 29.5 Å². The molecule has 34 heavy (non-hydrogen) atoms. The van der Waals surface area contributed by atoms with Crippen molar-refractivity contribution >= 4 is 0 Å². The molecule has 1 heterocycles. The molecule has 4 saturated carbocycles. The number of rotatable bonds is 2. The van der Waals surface area contributed by atoms with Crippen LogP contribution in [0.25, 0.3) is 0 Å². The van der Waals surface area contributed by atoms with Crippen LogP contribution in [0.15, 0.2) is 0 Å². The summed E-state index contributed by atoms with van der Waals surface area (Å²) in [5.74, 6) is 1.59. The summed E-state index contributed by atoms with van der Waals surface area (Å²) in [6.07, 6.45) is 8.72. The molecule has 0 radical (unpaired) electrons. The second-order valence-electron chi connectivity index (χ2n) is 15.4. The third-order valence-corrected chi connectivity index (χ3v) is 13.3. The SMILES string of the molecule is CC(C)(O)[C@@H]1CC[C@@](C)([C@H]2CC[C@]3(C)C2[C@H](O)CC2[C@@]4(C)CC[C@H](O)C(C)(C)C4CC[C@]23C)O1. The molecule has 1 aliphatic heterocycles. The third-order valence-electron chi connectivity index (χ3n) is 13.3. The van der Waals surface area contributed by atoms with Gasteiger partial charge in [-0.05, 0) is 124 Å². The maximum Gasteiger partial charge on any atom is 0.0865 e. The monoisotopic (exact) mass is 476 g/mol. The zero-order chi connectivity index (χ0) is 25.1. The van der Waals surface area contributed by atoms with Gasteiger partial charge in [0.1, 0.15) is 0 Å². The van der Waals surface area contributed by atoms with Crippen LogP contribution in [0.5, 0.6) is 0 Å². The second-order valence-corrected chi connectivity index (χ2v) is 15.4. The van der Waals surface area contributed by atoms with Gasteiger partial charge in [0.15, 0.2) is 0 Å². The summed E-state index contributed by atoms with van der Waals surface area (Å²) in [5, 5.41) is 33.4. The van der Waals surface area contributed by atoms with E-state index in [0.29, 0.717) is 17.8 Å². The highest BCUT2D eigenvalue weighted by Gasteiger charge is 2.71. The summed E-state index contributed by atoms with van der Waals surface area (Å²) in [5.41, 5.74) is -0.703. The first-order valence-electron chi connectivity index (χ1n) is 14.3. The Kier molecular flexibility index (Phi) is 5.59. The van der Waals surface area contributed by atoms with Gasteiger partial charge in [-0.1, -0.05) is 34.6 Å². The number of hydrogen-bond acceptors (Lipinski definition) is 4. The topological polar surface area (TPSA) is 69.9 Å². The molecule has 4 aliphatic carbocycles. The van der Waals surface area contributed by atoms with Crippen LogP contribution in [0.2, 0.25) is 0 Å². The van der Waals surface area contributed by atoms with Crippen molar-refractivity contribution in [3.63, 3.8) is 0 Å². The first-order chi connectivity index (χ1) is 15.5. The highest BCUT2D eigenvalue weighted by Crippen LogP contribution is 2.76. The molecule has 4 nitrogen and oxygen atoms in total. The quantitative estimate of drug-likeness (QED) is 0.477. The molecule has 5 rings (SSSR count). The second kappa shape index (κ2) is 7.45. The average molecular weight is 477 g/mol. The van der Waals surface area contributed by atoms with Crippen LogP contribution in [0.3, 0.4) is 0 Å². The van der Waals surface area contributed by atoms with Gasteiger partial charge < -0.3 is 20.1 Å². The first-order valence-corrected chi connectivity index (χ1v) is 14.3. The van der Waals surface area contributed by atoms with Gasteiger partial charge in [-0.25, -0.2) is 0 Å². The molecule has 0 aromatic rings. The fourth-order valence-corrected chi connectivity index (χ4v) is 11.1. The molecule has 5 fully saturated rings. The molecule has 5 aliphatic rings. The number of aliphatic hydroxyl groups excluding tert-OH is 2. The fraction of sp³-hybridized carbons (Fsp3) is 1.00. The lowest BCUT2D eigenvalue weighted by Gasteiger charge is -2.70. The lowest BCUT2D eigenvalue weighted by atomic mass is 9.35. The third kappa shape index (κ3) is 3.16. The Hall–Kier alpha value is -0.160. The van der Waals surface area contributed by atoms with E-state index in [4.69, 9.17) is 4.74 Å². The van der Waals surface area contributed by atoms with E-state index in [1.807, 2.05) is 13.8 Å². The summed E-state index contributed by atoms with van der Waals surface area (Å²) in [7, 11) is 0. The van der Waals surface area contributed by atoms with E-state index in [1.54, 1.807) is 0 Å². The van der Waals surface area contributed by atoms with Crippen molar-refractivity contribution < 1.29 is 20.1 Å². The van der Waals surface area contributed by atoms with Crippen molar-refractivity contribution in [3.05, 3.63) is 0 Å². The Labute approximate surface area is 208 Å². The average Bonchev–Trinajstić information content (AvgIpc) is 3.30. The lowest BCUT2D eigenvalue weighted by molar-refractivity contribution is -0.248. The molecule has 3 N–H and O–H groups in total. The Balaban J connectivity index is 1.48. The van der Waals surface area contributed by atoms with Gasteiger partial charge >= 0.3 is 0 Å². The molecule has 0 amide bonds. The Morgan fingerprint density at radius 1 is 0.765 bits per heavy atom. The summed E-state index contributed by atoms with van der Waals surface area (Å²) < 4.78 is 6.66. The van der Waals surface area contributed by atoms with Crippen LogP contribution in [0.1, 0.15) is 113 Å². The van der Waals surface area contributed by atoms with Crippen LogP contribution < -0.4 is 0 Å². The number of ether oxygens (including phenoxy) is 1. The van der Waals surface area contributed by atoms with Crippen LogP contribution in [0.4, 0.5) is 0 Å². The van der Waals surface area contributed by atoms with E-state index < -0.39 is 5.60 Å². The first kappa shape index (κ1) is 25.5. The molecule has 196 valence electrons. The predicted octanol–water partition coefficient (Wildman–Crippen LogP) is 5.71. The van der Waals surface area contributed by atoms with Crippen molar-refractivity contribution in [1.29, 1.82) is 0 Å². The van der Waals surface area contributed by atoms with Crippen LogP contribution >= 0.6 is 0 Å². The Morgan fingerprint density at radius 2 is 1.41 bits per heavy atom. The van der Waals surface area contributed by atoms with Crippen molar-refractivity contribution in [2.24, 2.45) is 45.3 Å². The highest BCUT2D eigenvalue weighted by molar-refractivity contribution is 5.20. The molecule has 0 spiro atoms. The lowest BCUT2D eigenvalue weighted by Crippen LogP contribution is -2.66. The van der Waals surface area contributed by atoms with Gasteiger partial charge in [0, 0.05) is 0 Å². The minimum absolute atomic E-state index is 0.0630. The van der Waals surface area contributed by atoms with Gasteiger partial charge in [-0.15, -0.1) is 0 Å². The zero-order valence-electron chi connectivity index (χ0n) is 23.2. The predicted molar refractivity (Wildman–Crippen MR) is 135 cm³/mol. The fourth-order valence-electron chi connectivity index (χ4n) is 11.1. The highest BCUT2D eigenvalue weighted by atomic mass is 16.5. The molecule has 11 atom stereocenters. The van der Waals surface area contributed by atoms with E-state index in [1.165, 1.54) is 12.8 Å². The summed E-state index contributed by atoms with van der Waals surface area (Å²) in [6, 6.07) is 0. The van der Waals surface area contributed by atoms with Crippen LogP contribution in [-0.4, -0.2) is 44.8 Å². The molecule has 4 heteroatoms. The van der Waals surface area contributed by atoms with Crippen molar-refractivity contribution in [3.8, 4) is 0 Å². The minimum atomic E-state index is -0.826. The van der Waals surface area contributed by atoms with E-state index in [2.05, 4.69) is 41.5 Å². The van der Waals surface area contributed by atoms with Gasteiger partial charge in [-0.3, -0.25) is 0 Å². The molecular formula is C30H52O4. The molecule has 3 unspecified atom stereocenters. The number of fused-ring (bicyclic) bond motifs is 5. The zero-order valence-corrected chi connectivity index (χ0v) is 23.2. The molecule has 1 saturated heterocycles. The standard InChI is InChI=1S/C30H52O4/c1-25(2)20-10-15-28(6)21(27(20,5)13-11-22(25)32)17-19(31)24-18(9-14-29(24,28)7)30(8)16-12-23(34-30)26(3,4)33/h18-24,31-33H,9-17H2,1-8H3/t18-,19+,20?,21?,22-,23-,24?,27-,28+,29+,30-/m0/s1. The van der Waals surface area contributed by atoms with Crippen molar-refractivity contribution in [1.82, 2.24) is 0 Å². The normalized spacial score (nSPS) is 57.1. The smallest absolute Gasteiger partial charge is 0.0865 e. The van der Waals surface area contributed by atoms with Crippen LogP contribution in [0, 0.1) is 45.3 Å². The molecule has 0 bridgehead atoms. The maximum atomic E-state index is 11.9. The molecule has 0 aromatic carbocycles. The van der Waals surface area contributed by atoms with Gasteiger partial charge in [-0.2, -0.15) is 0 Å². The van der Waals surface area contributed by atoms with Crippen molar-refractivity contribution in [2.45, 2.75) is 143 Å². The van der Waals surface area contributed by atoms with E-state index in [-0.39, 0.29) is 51.5 Å². The van der Waals surface area contributed by atoms with E-state index >= 15 is 0 Å². The van der Waals surface area contributed by atoms with Crippen LogP contribution in [-0.2, 0) is 4.74 Å². The van der Waals surface area contributed by atoms with Crippen molar-refractivity contribution in [2.75, 3.05) is 0 Å². The van der Waals surface area contributed by atoms with Gasteiger partial charge in [0.25, 0.3) is 0 Å². The summed E-state index contributed by atoms with van der Waals surface area (Å²) >= 11 is 0. The Bertz CT molecular complexity index is 817. The van der Waals surface area contributed by atoms with E-state index in [0.717, 1.165) is 44.9 Å². The van der Waals surface area contributed by atoms with Gasteiger partial charge in [0.2, 0.25) is 0 Å². The van der Waals surface area contributed by atoms with E-state index in [9.17, 15) is 15.3 Å². The maximum absolute atomic E-state index is 11.9. The summed E-state index contributed by atoms with van der Waals surface area (Å²) in [4.78, 5) is 0.